The van der Waals surface area contributed by atoms with Crippen LogP contribution in [0.5, 0.6) is 0 Å². The molecule has 1 fully saturated rings. The van der Waals surface area contributed by atoms with E-state index < -0.39 is 0 Å². The summed E-state index contributed by atoms with van der Waals surface area (Å²) in [5.41, 5.74) is 4.03. The Balaban J connectivity index is 1.65. The van der Waals surface area contributed by atoms with Gasteiger partial charge in [-0.05, 0) is 60.6 Å². The number of likely N-dealkylation sites (tertiary alicyclic amines) is 1. The lowest BCUT2D eigenvalue weighted by molar-refractivity contribution is 0.184. The third-order valence-electron chi connectivity index (χ3n) is 4.22. The Morgan fingerprint density at radius 1 is 1.20 bits per heavy atom. The van der Waals surface area contributed by atoms with Crippen LogP contribution in [0.3, 0.4) is 0 Å². The summed E-state index contributed by atoms with van der Waals surface area (Å²) in [7, 11) is 0. The fourth-order valence-electron chi connectivity index (χ4n) is 2.87. The van der Waals surface area contributed by atoms with Crippen LogP contribution in [0.25, 0.3) is 21.3 Å². The van der Waals surface area contributed by atoms with E-state index >= 15 is 0 Å². The van der Waals surface area contributed by atoms with Crippen molar-refractivity contribution in [3.8, 4) is 10.4 Å². The van der Waals surface area contributed by atoms with Gasteiger partial charge in [-0.15, -0.1) is 11.3 Å². The first-order valence-electron chi connectivity index (χ1n) is 7.26. The van der Waals surface area contributed by atoms with Gasteiger partial charge in [-0.1, -0.05) is 12.1 Å². The number of rotatable bonds is 4. The lowest BCUT2D eigenvalue weighted by Gasteiger charge is -2.30. The van der Waals surface area contributed by atoms with Crippen molar-refractivity contribution in [1.82, 2.24) is 9.88 Å². The van der Waals surface area contributed by atoms with Gasteiger partial charge in [-0.2, -0.15) is 0 Å². The second-order valence-electron chi connectivity index (χ2n) is 5.50. The van der Waals surface area contributed by atoms with Crippen molar-refractivity contribution < 1.29 is 0 Å². The highest BCUT2D eigenvalue weighted by Crippen LogP contribution is 2.29. The molecule has 1 aliphatic rings. The van der Waals surface area contributed by atoms with E-state index in [1.807, 2.05) is 0 Å². The maximum absolute atomic E-state index is 3.41. The summed E-state index contributed by atoms with van der Waals surface area (Å²) in [4.78, 5) is 7.28. The van der Waals surface area contributed by atoms with Gasteiger partial charge in [0, 0.05) is 28.5 Å². The molecule has 4 rings (SSSR count). The van der Waals surface area contributed by atoms with Crippen molar-refractivity contribution in [3.63, 3.8) is 0 Å². The first kappa shape index (κ1) is 12.2. The van der Waals surface area contributed by atoms with Crippen molar-refractivity contribution in [2.75, 3.05) is 19.6 Å². The summed E-state index contributed by atoms with van der Waals surface area (Å²) in [5.74, 6) is 0. The highest BCUT2D eigenvalue weighted by atomic mass is 32.1. The molecule has 1 saturated heterocycles. The fraction of sp³-hybridized carbons (Fsp3) is 0.294. The molecule has 102 valence electrons. The monoisotopic (exact) mass is 282 g/mol. The van der Waals surface area contributed by atoms with Crippen molar-refractivity contribution in [2.45, 2.75) is 12.8 Å². The molecule has 1 aliphatic heterocycles. The van der Waals surface area contributed by atoms with E-state index in [0.29, 0.717) is 0 Å². The van der Waals surface area contributed by atoms with Crippen LogP contribution in [-0.4, -0.2) is 29.5 Å². The second kappa shape index (κ2) is 5.08. The zero-order valence-electron chi connectivity index (χ0n) is 11.4. The number of H-pyrrole nitrogens is 1. The van der Waals surface area contributed by atoms with Crippen LogP contribution in [0.4, 0.5) is 0 Å². The molecule has 0 spiro atoms. The van der Waals surface area contributed by atoms with Crippen LogP contribution in [0, 0.1) is 0 Å². The van der Waals surface area contributed by atoms with Gasteiger partial charge in [-0.25, -0.2) is 0 Å². The van der Waals surface area contributed by atoms with Crippen molar-refractivity contribution in [1.29, 1.82) is 0 Å². The van der Waals surface area contributed by atoms with Gasteiger partial charge in [0.05, 0.1) is 0 Å². The third-order valence-corrected chi connectivity index (χ3v) is 5.14. The Morgan fingerprint density at radius 2 is 2.15 bits per heavy atom. The molecule has 0 saturated carbocycles. The quantitative estimate of drug-likeness (QED) is 0.762. The zero-order chi connectivity index (χ0) is 13.4. The molecule has 0 bridgehead atoms. The van der Waals surface area contributed by atoms with Gasteiger partial charge < -0.3 is 9.88 Å². The number of hydrogen-bond donors (Lipinski definition) is 1. The summed E-state index contributed by atoms with van der Waals surface area (Å²) >= 11 is 1.81. The first-order chi connectivity index (χ1) is 9.90. The second-order valence-corrected chi connectivity index (χ2v) is 6.44. The minimum absolute atomic E-state index is 1.15. The van der Waals surface area contributed by atoms with Gasteiger partial charge in [0.1, 0.15) is 0 Å². The normalized spacial score (nSPS) is 15.6. The van der Waals surface area contributed by atoms with Crippen LogP contribution in [0.2, 0.25) is 0 Å². The molecular formula is C17H18N2S. The van der Waals surface area contributed by atoms with Gasteiger partial charge in [0.15, 0.2) is 0 Å². The number of nitrogens with zero attached hydrogens (tertiary/aromatic N) is 1. The van der Waals surface area contributed by atoms with Gasteiger partial charge >= 0.3 is 0 Å². The zero-order valence-corrected chi connectivity index (χ0v) is 12.2. The summed E-state index contributed by atoms with van der Waals surface area (Å²) < 4.78 is 0. The predicted octanol–water partition coefficient (Wildman–Crippen LogP) is 4.14. The Morgan fingerprint density at radius 3 is 2.90 bits per heavy atom. The maximum atomic E-state index is 3.41. The molecule has 0 radical (unpaired) electrons. The molecule has 0 aliphatic carbocycles. The molecule has 3 aromatic rings. The Hall–Kier alpha value is -1.58. The molecule has 0 atom stereocenters. The molecule has 2 aromatic heterocycles. The average molecular weight is 282 g/mol. The number of nitrogens with one attached hydrogen (secondary N) is 1. The smallest absolute Gasteiger partial charge is 0.0457 e. The highest BCUT2D eigenvalue weighted by Gasteiger charge is 2.14. The largest absolute Gasteiger partial charge is 0.361 e. The van der Waals surface area contributed by atoms with Crippen molar-refractivity contribution in [2.24, 2.45) is 0 Å². The number of thiophene rings is 1. The van der Waals surface area contributed by atoms with Gasteiger partial charge in [-0.3, -0.25) is 0 Å². The molecule has 2 nitrogen and oxygen atoms in total. The Kier molecular flexibility index (Phi) is 3.09. The summed E-state index contributed by atoms with van der Waals surface area (Å²) in [6.07, 6.45) is 4.70. The first-order valence-corrected chi connectivity index (χ1v) is 8.14. The molecule has 0 unspecified atom stereocenters. The third kappa shape index (κ3) is 2.17. The van der Waals surface area contributed by atoms with Gasteiger partial charge in [0.2, 0.25) is 0 Å². The van der Waals surface area contributed by atoms with Crippen molar-refractivity contribution >= 4 is 22.2 Å². The van der Waals surface area contributed by atoms with Crippen LogP contribution >= 0.6 is 11.3 Å². The van der Waals surface area contributed by atoms with E-state index in [1.165, 1.54) is 53.0 Å². The molecule has 3 heteroatoms. The molecule has 20 heavy (non-hydrogen) atoms. The molecule has 1 aromatic carbocycles. The number of aromatic amines is 1. The van der Waals surface area contributed by atoms with Gasteiger partial charge in [0.25, 0.3) is 0 Å². The van der Waals surface area contributed by atoms with Crippen LogP contribution < -0.4 is 0 Å². The van der Waals surface area contributed by atoms with Crippen molar-refractivity contribution in [3.05, 3.63) is 47.5 Å². The van der Waals surface area contributed by atoms with E-state index in [2.05, 4.69) is 51.8 Å². The maximum Gasteiger partial charge on any atom is 0.0457 e. The Labute approximate surface area is 123 Å². The van der Waals surface area contributed by atoms with Crippen LogP contribution in [0.1, 0.15) is 12.0 Å². The average Bonchev–Trinajstić information content (AvgIpc) is 3.05. The summed E-state index contributed by atoms with van der Waals surface area (Å²) in [6, 6.07) is 11.1. The lowest BCUT2D eigenvalue weighted by atomic mass is 10.1. The van der Waals surface area contributed by atoms with E-state index in [4.69, 9.17) is 0 Å². The number of aromatic nitrogens is 1. The highest BCUT2D eigenvalue weighted by molar-refractivity contribution is 7.13. The van der Waals surface area contributed by atoms with E-state index in [1.54, 1.807) is 11.3 Å². The number of fused-ring (bicyclic) bond motifs is 1. The molecular weight excluding hydrogens is 264 g/mol. The number of hydrogen-bond acceptors (Lipinski definition) is 2. The predicted molar refractivity (Wildman–Crippen MR) is 86.4 cm³/mol. The fourth-order valence-corrected chi connectivity index (χ4v) is 3.59. The topological polar surface area (TPSA) is 19.0 Å². The van der Waals surface area contributed by atoms with E-state index in [9.17, 15) is 0 Å². The summed E-state index contributed by atoms with van der Waals surface area (Å²) in [6.45, 7) is 3.75. The minimum Gasteiger partial charge on any atom is -0.361 e. The SMILES string of the molecule is c1csc(-c2ccc3[nH]cc(CCN4CCC4)c3c2)c1. The number of benzene rings is 1. The molecule has 0 amide bonds. The summed E-state index contributed by atoms with van der Waals surface area (Å²) in [5, 5.41) is 3.53. The molecule has 3 heterocycles. The lowest BCUT2D eigenvalue weighted by Crippen LogP contribution is -2.38. The van der Waals surface area contributed by atoms with E-state index in [0.717, 1.165) is 6.42 Å². The van der Waals surface area contributed by atoms with E-state index in [-0.39, 0.29) is 0 Å². The van der Waals surface area contributed by atoms with Crippen LogP contribution in [0.15, 0.2) is 41.9 Å². The standard InChI is InChI=1S/C17H18N2S/c1-3-17(20-10-1)13-4-5-16-15(11-13)14(12-18-16)6-9-19-7-2-8-19/h1,3-5,10-12,18H,2,6-9H2. The Bertz CT molecular complexity index is 708. The van der Waals surface area contributed by atoms with Crippen LogP contribution in [-0.2, 0) is 6.42 Å². The minimum atomic E-state index is 1.15. The molecule has 1 N–H and O–H groups in total.